The van der Waals surface area contributed by atoms with Crippen molar-refractivity contribution in [1.29, 1.82) is 5.26 Å². The number of benzene rings is 3. The summed E-state index contributed by atoms with van der Waals surface area (Å²) >= 11 is 2.26. The highest BCUT2D eigenvalue weighted by molar-refractivity contribution is 14.1. The zero-order chi connectivity index (χ0) is 19.3. The first-order valence-corrected chi connectivity index (χ1v) is 9.81. The third-order valence-corrected chi connectivity index (χ3v) is 4.95. The van der Waals surface area contributed by atoms with Gasteiger partial charge in [-0.1, -0.05) is 72.8 Å². The van der Waals surface area contributed by atoms with Crippen molar-refractivity contribution in [2.45, 2.75) is 0 Å². The Hall–Kier alpha value is -3.17. The highest BCUT2D eigenvalue weighted by atomic mass is 127. The Bertz CT molecular complexity index is 1170. The van der Waals surface area contributed by atoms with Crippen molar-refractivity contribution >= 4 is 34.7 Å². The fourth-order valence-electron chi connectivity index (χ4n) is 3.01. The molecule has 0 radical (unpaired) electrons. The monoisotopic (exact) mass is 474 g/mol. The van der Waals surface area contributed by atoms with Crippen LogP contribution in [0, 0.1) is 14.9 Å². The Labute approximate surface area is 177 Å². The molecular formula is C24H15IN2O. The van der Waals surface area contributed by atoms with E-state index >= 15 is 0 Å². The van der Waals surface area contributed by atoms with Gasteiger partial charge in [-0.2, -0.15) is 5.26 Å². The van der Waals surface area contributed by atoms with Crippen LogP contribution in [0.2, 0.25) is 0 Å². The lowest BCUT2D eigenvalue weighted by Gasteiger charge is -2.03. The molecule has 134 valence electrons. The van der Waals surface area contributed by atoms with E-state index in [0.29, 0.717) is 17.2 Å². The lowest BCUT2D eigenvalue weighted by molar-refractivity contribution is 0.593. The third-order valence-electron chi connectivity index (χ3n) is 4.28. The largest absolute Gasteiger partial charge is 0.436 e. The number of furan rings is 1. The highest BCUT2D eigenvalue weighted by Crippen LogP contribution is 2.42. The third kappa shape index (κ3) is 3.75. The van der Waals surface area contributed by atoms with E-state index in [9.17, 15) is 5.26 Å². The molecule has 0 saturated carbocycles. The minimum atomic E-state index is 0.319. The van der Waals surface area contributed by atoms with Gasteiger partial charge in [0.05, 0.1) is 0 Å². The maximum absolute atomic E-state index is 9.88. The standard InChI is InChI=1S/C24H15IN2O/c25-20-13-7-8-17(14-20)16-27-24-21(15-26)22(18-9-3-1-4-10-18)23(28-24)19-11-5-2-6-12-19/h1-14,16H. The molecule has 1 heterocycles. The molecule has 0 unspecified atom stereocenters. The Morgan fingerprint density at radius 1 is 0.857 bits per heavy atom. The van der Waals surface area contributed by atoms with Crippen LogP contribution in [0.25, 0.3) is 22.5 Å². The van der Waals surface area contributed by atoms with E-state index in [1.165, 1.54) is 0 Å². The van der Waals surface area contributed by atoms with Gasteiger partial charge in [0.25, 0.3) is 0 Å². The molecule has 0 bridgehead atoms. The van der Waals surface area contributed by atoms with Gasteiger partial charge in [-0.05, 0) is 45.9 Å². The van der Waals surface area contributed by atoms with Crippen LogP contribution < -0.4 is 0 Å². The zero-order valence-corrected chi connectivity index (χ0v) is 17.0. The molecule has 0 saturated heterocycles. The van der Waals surface area contributed by atoms with Crippen LogP contribution in [0.15, 0.2) is 94.3 Å². The number of hydrogen-bond donors (Lipinski definition) is 0. The van der Waals surface area contributed by atoms with Gasteiger partial charge in [0.2, 0.25) is 5.88 Å². The summed E-state index contributed by atoms with van der Waals surface area (Å²) in [5.74, 6) is 0.970. The molecule has 0 spiro atoms. The number of nitriles is 1. The van der Waals surface area contributed by atoms with E-state index in [2.05, 4.69) is 33.7 Å². The second kappa shape index (κ2) is 8.24. The lowest BCUT2D eigenvalue weighted by Crippen LogP contribution is -1.83. The van der Waals surface area contributed by atoms with Crippen molar-refractivity contribution in [3.8, 4) is 28.5 Å². The molecule has 4 aromatic rings. The summed E-state index contributed by atoms with van der Waals surface area (Å²) in [7, 11) is 0. The van der Waals surface area contributed by atoms with E-state index in [1.807, 2.05) is 84.9 Å². The first kappa shape index (κ1) is 18.2. The van der Waals surface area contributed by atoms with Gasteiger partial charge in [-0.25, -0.2) is 4.99 Å². The van der Waals surface area contributed by atoms with Crippen LogP contribution in [0.1, 0.15) is 11.1 Å². The Kier molecular flexibility index (Phi) is 5.36. The minimum absolute atomic E-state index is 0.319. The highest BCUT2D eigenvalue weighted by Gasteiger charge is 2.22. The van der Waals surface area contributed by atoms with Gasteiger partial charge in [0.1, 0.15) is 17.4 Å². The normalized spacial score (nSPS) is 10.9. The van der Waals surface area contributed by atoms with E-state index in [0.717, 1.165) is 25.8 Å². The van der Waals surface area contributed by atoms with Crippen LogP contribution in [-0.2, 0) is 0 Å². The van der Waals surface area contributed by atoms with E-state index in [-0.39, 0.29) is 0 Å². The summed E-state index contributed by atoms with van der Waals surface area (Å²) in [4.78, 5) is 4.50. The van der Waals surface area contributed by atoms with Gasteiger partial charge in [-0.15, -0.1) is 0 Å². The number of aliphatic imine (C=N–C) groups is 1. The molecule has 3 nitrogen and oxygen atoms in total. The SMILES string of the molecule is N#Cc1c(N=Cc2cccc(I)c2)oc(-c2ccccc2)c1-c1ccccc1. The summed E-state index contributed by atoms with van der Waals surface area (Å²) in [6, 6.07) is 29.9. The van der Waals surface area contributed by atoms with Crippen molar-refractivity contribution in [2.24, 2.45) is 4.99 Å². The summed E-state index contributed by atoms with van der Waals surface area (Å²) < 4.78 is 7.23. The molecule has 0 aliphatic heterocycles. The molecule has 0 amide bonds. The predicted molar refractivity (Wildman–Crippen MR) is 121 cm³/mol. The van der Waals surface area contributed by atoms with Crippen molar-refractivity contribution in [1.82, 2.24) is 0 Å². The maximum Gasteiger partial charge on any atom is 0.238 e. The van der Waals surface area contributed by atoms with Gasteiger partial charge < -0.3 is 4.42 Å². The Morgan fingerprint density at radius 3 is 2.18 bits per heavy atom. The fourth-order valence-corrected chi connectivity index (χ4v) is 3.57. The molecule has 0 N–H and O–H groups in total. The van der Waals surface area contributed by atoms with Crippen LogP contribution in [-0.4, -0.2) is 6.21 Å². The average Bonchev–Trinajstić information content (AvgIpc) is 3.12. The van der Waals surface area contributed by atoms with E-state index in [4.69, 9.17) is 4.42 Å². The molecule has 0 atom stereocenters. The summed E-state index contributed by atoms with van der Waals surface area (Å²) in [5, 5.41) is 9.88. The molecule has 0 aliphatic rings. The number of rotatable bonds is 4. The summed E-state index contributed by atoms with van der Waals surface area (Å²) in [6.45, 7) is 0. The number of halogens is 1. The van der Waals surface area contributed by atoms with Crippen LogP contribution in [0.4, 0.5) is 5.88 Å². The van der Waals surface area contributed by atoms with Crippen molar-refractivity contribution < 1.29 is 4.42 Å². The molecule has 4 heteroatoms. The van der Waals surface area contributed by atoms with E-state index in [1.54, 1.807) is 6.21 Å². The molecular weight excluding hydrogens is 459 g/mol. The van der Waals surface area contributed by atoms with E-state index < -0.39 is 0 Å². The van der Waals surface area contributed by atoms with Crippen molar-refractivity contribution in [2.75, 3.05) is 0 Å². The topological polar surface area (TPSA) is 49.3 Å². The van der Waals surface area contributed by atoms with Gasteiger partial charge >= 0.3 is 0 Å². The summed E-state index contributed by atoms with van der Waals surface area (Å²) in [6.07, 6.45) is 1.73. The average molecular weight is 474 g/mol. The van der Waals surface area contributed by atoms with Crippen molar-refractivity contribution in [3.05, 3.63) is 99.6 Å². The Balaban J connectivity index is 1.88. The molecule has 3 aromatic carbocycles. The maximum atomic E-state index is 9.88. The van der Waals surface area contributed by atoms with Gasteiger partial charge in [0.15, 0.2) is 0 Å². The second-order valence-electron chi connectivity index (χ2n) is 6.14. The quantitative estimate of drug-likeness (QED) is 0.240. The van der Waals surface area contributed by atoms with Crippen LogP contribution in [0.5, 0.6) is 0 Å². The lowest BCUT2D eigenvalue weighted by atomic mass is 9.98. The molecule has 0 aliphatic carbocycles. The van der Waals surface area contributed by atoms with Crippen LogP contribution >= 0.6 is 22.6 Å². The minimum Gasteiger partial charge on any atom is -0.436 e. The smallest absolute Gasteiger partial charge is 0.238 e. The van der Waals surface area contributed by atoms with Gasteiger partial charge in [0, 0.05) is 20.9 Å². The Morgan fingerprint density at radius 2 is 1.54 bits per heavy atom. The first-order chi connectivity index (χ1) is 13.8. The molecule has 1 aromatic heterocycles. The zero-order valence-electron chi connectivity index (χ0n) is 14.8. The summed E-state index contributed by atoms with van der Waals surface area (Å²) in [5.41, 5.74) is 4.00. The first-order valence-electron chi connectivity index (χ1n) is 8.73. The molecule has 28 heavy (non-hydrogen) atoms. The number of hydrogen-bond acceptors (Lipinski definition) is 3. The fraction of sp³-hybridized carbons (Fsp3) is 0. The van der Waals surface area contributed by atoms with Crippen LogP contribution in [0.3, 0.4) is 0 Å². The number of nitrogens with zero attached hydrogens (tertiary/aromatic N) is 2. The predicted octanol–water partition coefficient (Wildman–Crippen LogP) is 6.84. The molecule has 0 fully saturated rings. The van der Waals surface area contributed by atoms with Crippen molar-refractivity contribution in [3.63, 3.8) is 0 Å². The van der Waals surface area contributed by atoms with Gasteiger partial charge in [-0.3, -0.25) is 0 Å². The second-order valence-corrected chi connectivity index (χ2v) is 7.39. The molecule has 4 rings (SSSR count).